The van der Waals surface area contributed by atoms with Gasteiger partial charge in [0.1, 0.15) is 5.82 Å². The molecule has 2 N–H and O–H groups in total. The van der Waals surface area contributed by atoms with E-state index in [1.54, 1.807) is 0 Å². The molecule has 92 valence electrons. The molecule has 17 heavy (non-hydrogen) atoms. The third kappa shape index (κ3) is 2.37. The standard InChI is InChI=1S/C11H17N5S/c1-16-4-5-17-6-8(16)10-13-9(7-2-3-7)14-11(12)15-10/h7-8H,2-6H2,1H3,(H2,12,13,14,15). The van der Waals surface area contributed by atoms with Crippen LogP contribution >= 0.6 is 11.8 Å². The number of thioether (sulfide) groups is 1. The average Bonchev–Trinajstić information content (AvgIpc) is 3.12. The Hall–Kier alpha value is -0.880. The van der Waals surface area contributed by atoms with Gasteiger partial charge in [-0.05, 0) is 19.9 Å². The number of rotatable bonds is 2. The smallest absolute Gasteiger partial charge is 0.223 e. The summed E-state index contributed by atoms with van der Waals surface area (Å²) in [5.74, 6) is 4.89. The SMILES string of the molecule is CN1CCSCC1c1nc(N)nc(C2CC2)n1. The van der Waals surface area contributed by atoms with Crippen molar-refractivity contribution in [3.05, 3.63) is 11.6 Å². The predicted octanol–water partition coefficient (Wildman–Crippen LogP) is 1.05. The summed E-state index contributed by atoms with van der Waals surface area (Å²) in [4.78, 5) is 15.5. The van der Waals surface area contributed by atoms with E-state index in [9.17, 15) is 0 Å². The monoisotopic (exact) mass is 251 g/mol. The molecule has 1 atom stereocenters. The Balaban J connectivity index is 1.90. The van der Waals surface area contributed by atoms with Gasteiger partial charge in [-0.2, -0.15) is 21.7 Å². The molecule has 0 aromatic carbocycles. The van der Waals surface area contributed by atoms with Crippen molar-refractivity contribution < 1.29 is 0 Å². The number of nitrogen functional groups attached to an aromatic ring is 1. The summed E-state index contributed by atoms with van der Waals surface area (Å²) in [5.41, 5.74) is 5.79. The van der Waals surface area contributed by atoms with E-state index in [2.05, 4.69) is 26.9 Å². The Morgan fingerprint density at radius 2 is 2.00 bits per heavy atom. The minimum atomic E-state index is 0.288. The number of nitrogens with two attached hydrogens (primary N) is 1. The zero-order valence-corrected chi connectivity index (χ0v) is 10.8. The quantitative estimate of drug-likeness (QED) is 0.847. The van der Waals surface area contributed by atoms with Crippen LogP contribution in [-0.2, 0) is 0 Å². The Kier molecular flexibility index (Phi) is 2.92. The molecule has 0 spiro atoms. The van der Waals surface area contributed by atoms with Crippen LogP contribution in [-0.4, -0.2) is 44.9 Å². The molecule has 2 heterocycles. The minimum absolute atomic E-state index is 0.288. The van der Waals surface area contributed by atoms with Gasteiger partial charge in [0, 0.05) is 24.0 Å². The Morgan fingerprint density at radius 1 is 1.24 bits per heavy atom. The van der Waals surface area contributed by atoms with Crippen molar-refractivity contribution in [3.8, 4) is 0 Å². The van der Waals surface area contributed by atoms with Crippen LogP contribution in [0, 0.1) is 0 Å². The van der Waals surface area contributed by atoms with Crippen LogP contribution < -0.4 is 5.73 Å². The first-order valence-electron chi connectivity index (χ1n) is 6.03. The first-order valence-corrected chi connectivity index (χ1v) is 7.19. The number of hydrogen-bond acceptors (Lipinski definition) is 6. The van der Waals surface area contributed by atoms with E-state index < -0.39 is 0 Å². The lowest BCUT2D eigenvalue weighted by atomic mass is 10.2. The fourth-order valence-electron chi connectivity index (χ4n) is 2.06. The fourth-order valence-corrected chi connectivity index (χ4v) is 3.27. The highest BCUT2D eigenvalue weighted by Crippen LogP contribution is 2.38. The zero-order valence-electron chi connectivity index (χ0n) is 9.96. The molecule has 0 radical (unpaired) electrons. The second-order valence-corrected chi connectivity index (χ2v) is 5.91. The second kappa shape index (κ2) is 4.42. The molecule has 1 aromatic rings. The number of anilines is 1. The molecule has 1 aromatic heterocycles. The van der Waals surface area contributed by atoms with Gasteiger partial charge in [-0.15, -0.1) is 0 Å². The first-order chi connectivity index (χ1) is 8.24. The Labute approximate surface area is 105 Å². The summed E-state index contributed by atoms with van der Waals surface area (Å²) in [6, 6.07) is 0.288. The molecule has 6 heteroatoms. The van der Waals surface area contributed by atoms with Crippen molar-refractivity contribution in [1.82, 2.24) is 19.9 Å². The zero-order chi connectivity index (χ0) is 11.8. The van der Waals surface area contributed by atoms with Gasteiger partial charge in [0.05, 0.1) is 6.04 Å². The normalized spacial score (nSPS) is 26.1. The summed E-state index contributed by atoms with van der Waals surface area (Å²) in [6.07, 6.45) is 2.39. The van der Waals surface area contributed by atoms with Gasteiger partial charge in [0.2, 0.25) is 5.95 Å². The Morgan fingerprint density at radius 3 is 2.71 bits per heavy atom. The molecule has 0 amide bonds. The highest BCUT2D eigenvalue weighted by Gasteiger charge is 2.30. The van der Waals surface area contributed by atoms with E-state index in [4.69, 9.17) is 5.73 Å². The van der Waals surface area contributed by atoms with Gasteiger partial charge in [0.25, 0.3) is 0 Å². The maximum absolute atomic E-state index is 5.79. The lowest BCUT2D eigenvalue weighted by Gasteiger charge is -2.30. The van der Waals surface area contributed by atoms with Crippen LogP contribution in [0.1, 0.15) is 36.5 Å². The second-order valence-electron chi connectivity index (χ2n) is 4.76. The van der Waals surface area contributed by atoms with E-state index in [1.807, 2.05) is 11.8 Å². The van der Waals surface area contributed by atoms with Gasteiger partial charge in [-0.1, -0.05) is 0 Å². The molecule has 2 fully saturated rings. The Bertz CT molecular complexity index is 420. The van der Waals surface area contributed by atoms with Crippen LogP contribution in [0.25, 0.3) is 0 Å². The maximum atomic E-state index is 5.79. The van der Waals surface area contributed by atoms with E-state index >= 15 is 0 Å². The summed E-state index contributed by atoms with van der Waals surface area (Å²) < 4.78 is 0. The molecule has 1 unspecified atom stereocenters. The molecule has 1 aliphatic heterocycles. The van der Waals surface area contributed by atoms with Crippen LogP contribution in [0.4, 0.5) is 5.95 Å². The first kappa shape index (κ1) is 11.2. The largest absolute Gasteiger partial charge is 0.368 e. The van der Waals surface area contributed by atoms with E-state index in [0.717, 1.165) is 23.9 Å². The predicted molar refractivity (Wildman–Crippen MR) is 68.9 cm³/mol. The van der Waals surface area contributed by atoms with Crippen LogP contribution in [0.5, 0.6) is 0 Å². The molecule has 3 rings (SSSR count). The molecule has 1 saturated carbocycles. The van der Waals surface area contributed by atoms with Crippen molar-refractivity contribution in [2.45, 2.75) is 24.8 Å². The van der Waals surface area contributed by atoms with Gasteiger partial charge in [-0.3, -0.25) is 4.90 Å². The van der Waals surface area contributed by atoms with Crippen molar-refractivity contribution in [2.75, 3.05) is 30.8 Å². The fraction of sp³-hybridized carbons (Fsp3) is 0.727. The van der Waals surface area contributed by atoms with Crippen molar-refractivity contribution in [3.63, 3.8) is 0 Å². The van der Waals surface area contributed by atoms with Crippen molar-refractivity contribution in [2.24, 2.45) is 0 Å². The number of hydrogen-bond donors (Lipinski definition) is 1. The van der Waals surface area contributed by atoms with E-state index in [-0.39, 0.29) is 6.04 Å². The molecule has 1 aliphatic carbocycles. The third-order valence-electron chi connectivity index (χ3n) is 3.32. The van der Waals surface area contributed by atoms with Crippen LogP contribution in [0.3, 0.4) is 0 Å². The molecule has 2 aliphatic rings. The van der Waals surface area contributed by atoms with Gasteiger partial charge in [-0.25, -0.2) is 4.98 Å². The lowest BCUT2D eigenvalue weighted by Crippen LogP contribution is -2.34. The molecule has 5 nitrogen and oxygen atoms in total. The highest BCUT2D eigenvalue weighted by molar-refractivity contribution is 7.99. The number of aromatic nitrogens is 3. The topological polar surface area (TPSA) is 67.9 Å². The average molecular weight is 251 g/mol. The summed E-state index contributed by atoms with van der Waals surface area (Å²) in [6.45, 7) is 1.08. The summed E-state index contributed by atoms with van der Waals surface area (Å²) in [5, 5.41) is 0. The van der Waals surface area contributed by atoms with Gasteiger partial charge < -0.3 is 5.73 Å². The van der Waals surface area contributed by atoms with Crippen LogP contribution in [0.15, 0.2) is 0 Å². The molecular weight excluding hydrogens is 234 g/mol. The van der Waals surface area contributed by atoms with Crippen LogP contribution in [0.2, 0.25) is 0 Å². The summed E-state index contributed by atoms with van der Waals surface area (Å²) in [7, 11) is 2.13. The highest BCUT2D eigenvalue weighted by atomic mass is 32.2. The molecule has 1 saturated heterocycles. The lowest BCUT2D eigenvalue weighted by molar-refractivity contribution is 0.264. The van der Waals surface area contributed by atoms with Gasteiger partial charge in [0.15, 0.2) is 5.82 Å². The van der Waals surface area contributed by atoms with Gasteiger partial charge >= 0.3 is 0 Å². The van der Waals surface area contributed by atoms with E-state index in [0.29, 0.717) is 11.9 Å². The number of nitrogens with zero attached hydrogens (tertiary/aromatic N) is 4. The molecule has 0 bridgehead atoms. The van der Waals surface area contributed by atoms with Crippen molar-refractivity contribution in [1.29, 1.82) is 0 Å². The third-order valence-corrected chi connectivity index (χ3v) is 4.35. The minimum Gasteiger partial charge on any atom is -0.368 e. The van der Waals surface area contributed by atoms with Crippen molar-refractivity contribution >= 4 is 17.7 Å². The maximum Gasteiger partial charge on any atom is 0.223 e. The molecular formula is C11H17N5S. The summed E-state index contributed by atoms with van der Waals surface area (Å²) >= 11 is 1.95. The van der Waals surface area contributed by atoms with E-state index in [1.165, 1.54) is 18.6 Å².